The molecule has 0 saturated heterocycles. The van der Waals surface area contributed by atoms with Gasteiger partial charge in [-0.2, -0.15) is 0 Å². The standard InChI is InChI=1S/C27H21ClN2O4/c1-16-20(5-4-6-21(16)23-10-9-19(15-32)27(30-23)34-3)22-11-12-29-26(25(22)28)17-7-8-18(14-31)24(13-17)33-2/h4-15H,1-3H3. The lowest BCUT2D eigenvalue weighted by atomic mass is 9.94. The van der Waals surface area contributed by atoms with Gasteiger partial charge in [0, 0.05) is 22.9 Å². The molecule has 2 aromatic heterocycles. The van der Waals surface area contributed by atoms with Gasteiger partial charge in [-0.1, -0.05) is 35.9 Å². The minimum absolute atomic E-state index is 0.272. The van der Waals surface area contributed by atoms with Crippen LogP contribution in [0.5, 0.6) is 11.6 Å². The third kappa shape index (κ3) is 4.16. The maximum Gasteiger partial charge on any atom is 0.224 e. The van der Waals surface area contributed by atoms with Crippen LogP contribution < -0.4 is 9.47 Å². The summed E-state index contributed by atoms with van der Waals surface area (Å²) in [5.74, 6) is 0.724. The predicted octanol–water partition coefficient (Wildman–Crippen LogP) is 6.08. The van der Waals surface area contributed by atoms with E-state index in [1.807, 2.05) is 31.2 Å². The maximum absolute atomic E-state index is 11.3. The molecule has 0 spiro atoms. The molecule has 170 valence electrons. The second-order valence-corrected chi connectivity index (χ2v) is 7.86. The predicted molar refractivity (Wildman–Crippen MR) is 132 cm³/mol. The molecule has 0 saturated carbocycles. The highest BCUT2D eigenvalue weighted by Crippen LogP contribution is 2.39. The number of carbonyl (C=O) groups is 2. The lowest BCUT2D eigenvalue weighted by Crippen LogP contribution is -1.98. The van der Waals surface area contributed by atoms with Crippen molar-refractivity contribution in [3.8, 4) is 45.3 Å². The fraction of sp³-hybridized carbons (Fsp3) is 0.111. The van der Waals surface area contributed by atoms with E-state index in [1.165, 1.54) is 14.2 Å². The van der Waals surface area contributed by atoms with E-state index in [1.54, 1.807) is 36.5 Å². The molecule has 0 fully saturated rings. The van der Waals surface area contributed by atoms with Crippen molar-refractivity contribution in [3.05, 3.63) is 82.5 Å². The van der Waals surface area contributed by atoms with Crippen LogP contribution in [0.4, 0.5) is 0 Å². The van der Waals surface area contributed by atoms with Crippen molar-refractivity contribution in [2.75, 3.05) is 14.2 Å². The number of nitrogens with zero attached hydrogens (tertiary/aromatic N) is 2. The van der Waals surface area contributed by atoms with Gasteiger partial charge < -0.3 is 9.47 Å². The minimum Gasteiger partial charge on any atom is -0.496 e. The Morgan fingerprint density at radius 3 is 2.29 bits per heavy atom. The molecule has 4 rings (SSSR count). The van der Waals surface area contributed by atoms with Crippen LogP contribution >= 0.6 is 11.6 Å². The Balaban J connectivity index is 1.83. The molecule has 0 aliphatic heterocycles. The van der Waals surface area contributed by atoms with Crippen LogP contribution in [0.25, 0.3) is 33.6 Å². The zero-order valence-electron chi connectivity index (χ0n) is 18.8. The van der Waals surface area contributed by atoms with Crippen molar-refractivity contribution in [2.45, 2.75) is 6.92 Å². The van der Waals surface area contributed by atoms with E-state index in [0.29, 0.717) is 39.6 Å². The first-order valence-corrected chi connectivity index (χ1v) is 10.8. The van der Waals surface area contributed by atoms with Gasteiger partial charge >= 0.3 is 0 Å². The highest BCUT2D eigenvalue weighted by atomic mass is 35.5. The van der Waals surface area contributed by atoms with Gasteiger partial charge in [0.2, 0.25) is 5.88 Å². The summed E-state index contributed by atoms with van der Waals surface area (Å²) in [5, 5.41) is 0.477. The summed E-state index contributed by atoms with van der Waals surface area (Å²) in [7, 11) is 2.99. The second-order valence-electron chi connectivity index (χ2n) is 7.49. The van der Waals surface area contributed by atoms with Gasteiger partial charge in [-0.15, -0.1) is 0 Å². The average Bonchev–Trinajstić information content (AvgIpc) is 2.88. The number of ether oxygens (including phenoxy) is 2. The zero-order valence-corrected chi connectivity index (χ0v) is 19.6. The molecule has 34 heavy (non-hydrogen) atoms. The van der Waals surface area contributed by atoms with E-state index in [9.17, 15) is 9.59 Å². The van der Waals surface area contributed by atoms with Gasteiger partial charge in [-0.25, -0.2) is 4.98 Å². The number of carbonyl (C=O) groups excluding carboxylic acids is 2. The van der Waals surface area contributed by atoms with Crippen molar-refractivity contribution in [3.63, 3.8) is 0 Å². The van der Waals surface area contributed by atoms with Crippen molar-refractivity contribution >= 4 is 24.2 Å². The summed E-state index contributed by atoms with van der Waals surface area (Å²) in [4.78, 5) is 31.5. The molecule has 0 amide bonds. The van der Waals surface area contributed by atoms with Gasteiger partial charge in [-0.05, 0) is 48.4 Å². The zero-order chi connectivity index (χ0) is 24.2. The Hall–Kier alpha value is -4.03. The van der Waals surface area contributed by atoms with Gasteiger partial charge in [0.1, 0.15) is 5.75 Å². The normalized spacial score (nSPS) is 10.6. The van der Waals surface area contributed by atoms with Crippen LogP contribution in [-0.4, -0.2) is 36.8 Å². The number of pyridine rings is 2. The fourth-order valence-electron chi connectivity index (χ4n) is 3.87. The monoisotopic (exact) mass is 472 g/mol. The highest BCUT2D eigenvalue weighted by molar-refractivity contribution is 6.35. The van der Waals surface area contributed by atoms with Crippen LogP contribution in [0, 0.1) is 6.92 Å². The number of halogens is 1. The smallest absolute Gasteiger partial charge is 0.224 e. The van der Waals surface area contributed by atoms with Gasteiger partial charge in [0.15, 0.2) is 12.6 Å². The molecule has 6 nitrogen and oxygen atoms in total. The fourth-order valence-corrected chi connectivity index (χ4v) is 4.19. The van der Waals surface area contributed by atoms with Crippen LogP contribution in [0.1, 0.15) is 26.3 Å². The molecule has 7 heteroatoms. The first-order valence-electron chi connectivity index (χ1n) is 10.4. The van der Waals surface area contributed by atoms with E-state index in [2.05, 4.69) is 9.97 Å². The first kappa shape index (κ1) is 23.1. The summed E-state index contributed by atoms with van der Waals surface area (Å²) in [6.45, 7) is 1.99. The van der Waals surface area contributed by atoms with Crippen molar-refractivity contribution < 1.29 is 19.1 Å². The topological polar surface area (TPSA) is 78.4 Å². The quantitative estimate of drug-likeness (QED) is 0.303. The first-order chi connectivity index (χ1) is 16.5. The van der Waals surface area contributed by atoms with Gasteiger partial charge in [0.25, 0.3) is 0 Å². The number of aldehydes is 2. The number of benzene rings is 2. The summed E-state index contributed by atoms with van der Waals surface area (Å²) in [6, 6.07) is 16.4. The maximum atomic E-state index is 11.3. The minimum atomic E-state index is 0.272. The van der Waals surface area contributed by atoms with E-state index in [-0.39, 0.29) is 5.88 Å². The number of aromatic nitrogens is 2. The Morgan fingerprint density at radius 2 is 1.59 bits per heavy atom. The lowest BCUT2D eigenvalue weighted by molar-refractivity contribution is 0.111. The average molecular weight is 473 g/mol. The van der Waals surface area contributed by atoms with E-state index in [4.69, 9.17) is 21.1 Å². The molecular formula is C27H21ClN2O4. The third-order valence-corrected chi connectivity index (χ3v) is 6.02. The molecular weight excluding hydrogens is 452 g/mol. The molecule has 0 atom stereocenters. The van der Waals surface area contributed by atoms with E-state index >= 15 is 0 Å². The van der Waals surface area contributed by atoms with Crippen molar-refractivity contribution in [2.24, 2.45) is 0 Å². The Kier molecular flexibility index (Phi) is 6.70. The molecule has 0 bridgehead atoms. The largest absolute Gasteiger partial charge is 0.496 e. The summed E-state index contributed by atoms with van der Waals surface area (Å²) >= 11 is 6.86. The highest BCUT2D eigenvalue weighted by Gasteiger charge is 2.17. The van der Waals surface area contributed by atoms with Crippen LogP contribution in [0.2, 0.25) is 5.02 Å². The molecule has 0 unspecified atom stereocenters. The summed E-state index contributed by atoms with van der Waals surface area (Å²) < 4.78 is 10.6. The Labute approximate surface area is 202 Å². The van der Waals surface area contributed by atoms with Gasteiger partial charge in [-0.3, -0.25) is 14.6 Å². The molecule has 0 N–H and O–H groups in total. The number of rotatable bonds is 7. The van der Waals surface area contributed by atoms with Gasteiger partial charge in [0.05, 0.1) is 41.8 Å². The van der Waals surface area contributed by atoms with E-state index in [0.717, 1.165) is 34.1 Å². The third-order valence-electron chi connectivity index (χ3n) is 5.63. The number of methoxy groups -OCH3 is 2. The molecule has 0 radical (unpaired) electrons. The van der Waals surface area contributed by atoms with E-state index < -0.39 is 0 Å². The lowest BCUT2D eigenvalue weighted by Gasteiger charge is -2.15. The molecule has 0 aliphatic carbocycles. The number of hydrogen-bond acceptors (Lipinski definition) is 6. The van der Waals surface area contributed by atoms with Crippen LogP contribution in [0.15, 0.2) is 60.8 Å². The summed E-state index contributed by atoms with van der Waals surface area (Å²) in [6.07, 6.45) is 3.16. The second kappa shape index (κ2) is 9.85. The molecule has 2 heterocycles. The Bertz CT molecular complexity index is 1290. The van der Waals surface area contributed by atoms with Crippen LogP contribution in [0.3, 0.4) is 0 Å². The van der Waals surface area contributed by atoms with Crippen molar-refractivity contribution in [1.82, 2.24) is 9.97 Å². The SMILES string of the molecule is COc1cc(-c2nccc(-c3cccc(-c4ccc(C=O)c(OC)n4)c3C)c2Cl)ccc1C=O. The Morgan fingerprint density at radius 1 is 0.853 bits per heavy atom. The number of hydrogen-bond donors (Lipinski definition) is 0. The molecule has 0 aliphatic rings. The molecule has 2 aromatic carbocycles. The molecule has 4 aromatic rings. The summed E-state index contributed by atoms with van der Waals surface area (Å²) in [5.41, 5.74) is 6.41. The van der Waals surface area contributed by atoms with Crippen LogP contribution in [-0.2, 0) is 0 Å². The van der Waals surface area contributed by atoms with Crippen molar-refractivity contribution in [1.29, 1.82) is 0 Å².